The molecule has 66 valence electrons. The predicted molar refractivity (Wildman–Crippen MR) is 47.4 cm³/mol. The molecule has 0 unspecified atom stereocenters. The molecule has 0 atom stereocenters. The van der Waals surface area contributed by atoms with E-state index in [0.717, 1.165) is 24.1 Å². The Labute approximate surface area is 72.2 Å². The van der Waals surface area contributed by atoms with Crippen molar-refractivity contribution in [1.82, 2.24) is 9.97 Å². The fraction of sp³-hybridized carbons (Fsp3) is 0.556. The lowest BCUT2D eigenvalue weighted by Gasteiger charge is -2.01. The zero-order chi connectivity index (χ0) is 9.14. The predicted octanol–water partition coefficient (Wildman–Crippen LogP) is 1.91. The number of aromatic nitrogens is 2. The molecule has 0 amide bonds. The Balaban J connectivity index is 3.07. The van der Waals surface area contributed by atoms with Crippen LogP contribution in [0.5, 0.6) is 0 Å². The van der Waals surface area contributed by atoms with Gasteiger partial charge in [0.05, 0.1) is 5.69 Å². The van der Waals surface area contributed by atoms with Gasteiger partial charge in [0.1, 0.15) is 0 Å². The van der Waals surface area contributed by atoms with E-state index in [2.05, 4.69) is 23.8 Å². The van der Waals surface area contributed by atoms with Gasteiger partial charge in [0.25, 0.3) is 0 Å². The number of rotatable bonds is 3. The maximum Gasteiger partial charge on any atom is 0.185 e. The average Bonchev–Trinajstić information content (AvgIpc) is 2.47. The molecule has 0 saturated heterocycles. The summed E-state index contributed by atoms with van der Waals surface area (Å²) < 4.78 is 0. The van der Waals surface area contributed by atoms with Crippen molar-refractivity contribution in [2.24, 2.45) is 0 Å². The minimum Gasteiger partial charge on any atom is -0.339 e. The molecule has 1 aromatic rings. The number of aldehydes is 1. The van der Waals surface area contributed by atoms with Crippen molar-refractivity contribution in [3.05, 3.63) is 17.2 Å². The topological polar surface area (TPSA) is 45.8 Å². The van der Waals surface area contributed by atoms with Gasteiger partial charge in [-0.2, -0.15) is 0 Å². The first-order chi connectivity index (χ1) is 5.69. The second-order valence-corrected chi connectivity index (χ2v) is 3.11. The normalized spacial score (nSPS) is 10.7. The molecular formula is C9H14N2O. The van der Waals surface area contributed by atoms with Gasteiger partial charge in [-0.25, -0.2) is 4.98 Å². The summed E-state index contributed by atoms with van der Waals surface area (Å²) in [5, 5.41) is 0. The fourth-order valence-corrected chi connectivity index (χ4v) is 1.25. The molecule has 1 heterocycles. The number of aryl methyl sites for hydroxylation is 1. The van der Waals surface area contributed by atoms with Crippen molar-refractivity contribution < 1.29 is 4.79 Å². The second kappa shape index (κ2) is 3.52. The molecule has 0 aromatic carbocycles. The van der Waals surface area contributed by atoms with Gasteiger partial charge in [0, 0.05) is 5.69 Å². The van der Waals surface area contributed by atoms with E-state index in [1.807, 2.05) is 6.92 Å². The number of nitrogens with one attached hydrogen (secondary N) is 1. The monoisotopic (exact) mass is 166 g/mol. The van der Waals surface area contributed by atoms with Gasteiger partial charge in [-0.3, -0.25) is 4.79 Å². The minimum atomic E-state index is 0.380. The van der Waals surface area contributed by atoms with Crippen molar-refractivity contribution in [2.75, 3.05) is 0 Å². The van der Waals surface area contributed by atoms with Crippen LogP contribution in [0.3, 0.4) is 0 Å². The van der Waals surface area contributed by atoms with E-state index in [4.69, 9.17) is 0 Å². The molecule has 3 heteroatoms. The molecule has 0 spiro atoms. The summed E-state index contributed by atoms with van der Waals surface area (Å²) in [6, 6.07) is 0. The van der Waals surface area contributed by atoms with E-state index in [9.17, 15) is 4.79 Å². The molecule has 1 aromatic heterocycles. The molecule has 0 saturated carbocycles. The smallest absolute Gasteiger partial charge is 0.185 e. The van der Waals surface area contributed by atoms with Crippen LogP contribution in [0.25, 0.3) is 0 Å². The summed E-state index contributed by atoms with van der Waals surface area (Å²) in [4.78, 5) is 17.6. The lowest BCUT2D eigenvalue weighted by atomic mass is 10.1. The van der Waals surface area contributed by atoms with Crippen LogP contribution in [0.15, 0.2) is 0 Å². The van der Waals surface area contributed by atoms with Gasteiger partial charge >= 0.3 is 0 Å². The zero-order valence-corrected chi connectivity index (χ0v) is 7.72. The summed E-state index contributed by atoms with van der Waals surface area (Å²) in [5.74, 6) is 0.820. The third-order valence-electron chi connectivity index (χ3n) is 1.84. The Hall–Kier alpha value is -1.12. The number of aromatic amines is 1. The standard InChI is InChI=1S/C9H14N2O/c1-4-7-9(6(2)3)11-8(5-12)10-7/h5-6H,4H2,1-3H3,(H,10,11). The van der Waals surface area contributed by atoms with Crippen LogP contribution in [0.4, 0.5) is 0 Å². The number of hydrogen-bond acceptors (Lipinski definition) is 2. The largest absolute Gasteiger partial charge is 0.339 e. The quantitative estimate of drug-likeness (QED) is 0.697. The highest BCUT2D eigenvalue weighted by molar-refractivity contribution is 5.69. The number of nitrogens with zero attached hydrogens (tertiary/aromatic N) is 1. The third-order valence-corrected chi connectivity index (χ3v) is 1.84. The van der Waals surface area contributed by atoms with Crippen LogP contribution in [-0.2, 0) is 6.42 Å². The van der Waals surface area contributed by atoms with Gasteiger partial charge in [0.15, 0.2) is 12.1 Å². The molecule has 0 fully saturated rings. The van der Waals surface area contributed by atoms with Gasteiger partial charge < -0.3 is 4.98 Å². The van der Waals surface area contributed by atoms with Crippen molar-refractivity contribution >= 4 is 6.29 Å². The first-order valence-corrected chi connectivity index (χ1v) is 4.23. The van der Waals surface area contributed by atoms with Gasteiger partial charge in [-0.15, -0.1) is 0 Å². The van der Waals surface area contributed by atoms with Crippen molar-refractivity contribution in [3.63, 3.8) is 0 Å². The Morgan fingerprint density at radius 3 is 2.58 bits per heavy atom. The van der Waals surface area contributed by atoms with E-state index in [1.54, 1.807) is 0 Å². The molecule has 1 rings (SSSR count). The van der Waals surface area contributed by atoms with E-state index >= 15 is 0 Å². The zero-order valence-electron chi connectivity index (χ0n) is 7.72. The summed E-state index contributed by atoms with van der Waals surface area (Å²) in [6.07, 6.45) is 1.65. The molecule has 1 N–H and O–H groups in total. The van der Waals surface area contributed by atoms with Crippen LogP contribution in [0.1, 0.15) is 48.7 Å². The molecule has 0 aliphatic heterocycles. The third kappa shape index (κ3) is 1.55. The number of H-pyrrole nitrogens is 1. The lowest BCUT2D eigenvalue weighted by Crippen LogP contribution is -1.93. The molecule has 12 heavy (non-hydrogen) atoms. The van der Waals surface area contributed by atoms with E-state index in [1.165, 1.54) is 0 Å². The van der Waals surface area contributed by atoms with Crippen LogP contribution < -0.4 is 0 Å². The van der Waals surface area contributed by atoms with E-state index in [0.29, 0.717) is 11.7 Å². The van der Waals surface area contributed by atoms with Gasteiger partial charge in [-0.1, -0.05) is 20.8 Å². The molecule has 0 bridgehead atoms. The van der Waals surface area contributed by atoms with Crippen LogP contribution in [0, 0.1) is 0 Å². The Morgan fingerprint density at radius 2 is 2.25 bits per heavy atom. The highest BCUT2D eigenvalue weighted by Crippen LogP contribution is 2.16. The van der Waals surface area contributed by atoms with Crippen LogP contribution >= 0.6 is 0 Å². The molecule has 0 aliphatic carbocycles. The average molecular weight is 166 g/mol. The summed E-state index contributed by atoms with van der Waals surface area (Å²) in [7, 11) is 0. The number of carbonyl (C=O) groups excluding carboxylic acids is 1. The Bertz CT molecular complexity index is 276. The molecule has 0 radical (unpaired) electrons. The van der Waals surface area contributed by atoms with Crippen LogP contribution in [-0.4, -0.2) is 16.3 Å². The highest BCUT2D eigenvalue weighted by atomic mass is 16.1. The maximum atomic E-state index is 10.4. The van der Waals surface area contributed by atoms with Crippen molar-refractivity contribution in [2.45, 2.75) is 33.1 Å². The van der Waals surface area contributed by atoms with E-state index in [-0.39, 0.29) is 0 Å². The number of imidazole rings is 1. The molecular weight excluding hydrogens is 152 g/mol. The van der Waals surface area contributed by atoms with Crippen LogP contribution in [0.2, 0.25) is 0 Å². The van der Waals surface area contributed by atoms with E-state index < -0.39 is 0 Å². The molecule has 0 aliphatic rings. The molecule has 3 nitrogen and oxygen atoms in total. The minimum absolute atomic E-state index is 0.380. The van der Waals surface area contributed by atoms with Gasteiger partial charge in [-0.05, 0) is 12.3 Å². The van der Waals surface area contributed by atoms with Crippen molar-refractivity contribution in [3.8, 4) is 0 Å². The first-order valence-electron chi connectivity index (χ1n) is 4.23. The highest BCUT2D eigenvalue weighted by Gasteiger charge is 2.10. The Morgan fingerprint density at radius 1 is 1.58 bits per heavy atom. The van der Waals surface area contributed by atoms with Gasteiger partial charge in [0.2, 0.25) is 0 Å². The second-order valence-electron chi connectivity index (χ2n) is 3.11. The summed E-state index contributed by atoms with van der Waals surface area (Å²) in [5.41, 5.74) is 2.09. The maximum absolute atomic E-state index is 10.4. The SMILES string of the molecule is CCc1[nH]c(C=O)nc1C(C)C. The lowest BCUT2D eigenvalue weighted by molar-refractivity contribution is 0.111. The number of carbonyl (C=O) groups is 1. The summed E-state index contributed by atoms with van der Waals surface area (Å²) >= 11 is 0. The first kappa shape index (κ1) is 8.97. The summed E-state index contributed by atoms with van der Waals surface area (Å²) in [6.45, 7) is 6.20. The van der Waals surface area contributed by atoms with Crippen molar-refractivity contribution in [1.29, 1.82) is 0 Å². The number of hydrogen-bond donors (Lipinski definition) is 1. The fourth-order valence-electron chi connectivity index (χ4n) is 1.25. The Kier molecular flexibility index (Phi) is 2.63.